The summed E-state index contributed by atoms with van der Waals surface area (Å²) in [5, 5.41) is 34.4. The number of aromatic nitrogens is 2. The third kappa shape index (κ3) is 2.32. The van der Waals surface area contributed by atoms with Gasteiger partial charge in [0.25, 0.3) is 0 Å². The molecule has 1 aromatic heterocycles. The molecule has 0 amide bonds. The normalized spacial score (nSPS) is 14.7. The molecular formula is C8H10BrN3O2. The van der Waals surface area contributed by atoms with Crippen LogP contribution in [0.2, 0.25) is 0 Å². The van der Waals surface area contributed by atoms with Gasteiger partial charge in [0.1, 0.15) is 17.9 Å². The van der Waals surface area contributed by atoms with Crippen molar-refractivity contribution in [1.82, 2.24) is 10.2 Å². The van der Waals surface area contributed by atoms with E-state index in [0.717, 1.165) is 0 Å². The molecule has 0 aliphatic heterocycles. The van der Waals surface area contributed by atoms with Crippen LogP contribution in [0.5, 0.6) is 0 Å². The third-order valence-electron chi connectivity index (χ3n) is 1.87. The van der Waals surface area contributed by atoms with Crippen LogP contribution in [0, 0.1) is 11.3 Å². The van der Waals surface area contributed by atoms with E-state index in [1.165, 1.54) is 6.20 Å². The average molecular weight is 260 g/mol. The number of aliphatic hydroxyl groups excluding tert-OH is 2. The van der Waals surface area contributed by atoms with Crippen LogP contribution in [0.4, 0.5) is 0 Å². The highest BCUT2D eigenvalue weighted by Crippen LogP contribution is 2.20. The second kappa shape index (κ2) is 5.10. The zero-order chi connectivity index (χ0) is 10.6. The zero-order valence-corrected chi connectivity index (χ0v) is 8.90. The van der Waals surface area contributed by atoms with Gasteiger partial charge >= 0.3 is 0 Å². The number of nitriles is 1. The second-order valence-electron chi connectivity index (χ2n) is 2.80. The van der Waals surface area contributed by atoms with Crippen LogP contribution >= 0.6 is 15.9 Å². The number of H-pyrrole nitrogens is 1. The van der Waals surface area contributed by atoms with Crippen LogP contribution in [0.1, 0.15) is 23.8 Å². The molecule has 5 nitrogen and oxygen atoms in total. The number of halogens is 1. The van der Waals surface area contributed by atoms with E-state index in [9.17, 15) is 10.2 Å². The van der Waals surface area contributed by atoms with Crippen LogP contribution in [-0.2, 0) is 0 Å². The fraction of sp³-hybridized carbons (Fsp3) is 0.500. The number of hydrogen-bond acceptors (Lipinski definition) is 4. The van der Waals surface area contributed by atoms with Gasteiger partial charge in [-0.3, -0.25) is 5.10 Å². The maximum atomic E-state index is 9.64. The average Bonchev–Trinajstić information content (AvgIpc) is 2.64. The topological polar surface area (TPSA) is 92.9 Å². The van der Waals surface area contributed by atoms with Crippen molar-refractivity contribution in [3.05, 3.63) is 17.5 Å². The highest BCUT2D eigenvalue weighted by atomic mass is 79.9. The number of nitrogens with zero attached hydrogens (tertiary/aromatic N) is 2. The van der Waals surface area contributed by atoms with E-state index in [0.29, 0.717) is 17.3 Å². The molecule has 0 radical (unpaired) electrons. The van der Waals surface area contributed by atoms with E-state index in [4.69, 9.17) is 5.26 Å². The number of aromatic amines is 1. The van der Waals surface area contributed by atoms with Crippen LogP contribution < -0.4 is 0 Å². The molecule has 14 heavy (non-hydrogen) atoms. The molecule has 3 N–H and O–H groups in total. The first-order chi connectivity index (χ1) is 6.70. The SMILES string of the molecule is N#Cc1[nH]ncc1C(O)C(O)CCBr. The first-order valence-electron chi connectivity index (χ1n) is 4.06. The molecule has 0 saturated carbocycles. The van der Waals surface area contributed by atoms with Crippen LogP contribution in [0.15, 0.2) is 6.20 Å². The Balaban J connectivity index is 2.79. The zero-order valence-electron chi connectivity index (χ0n) is 7.31. The summed E-state index contributed by atoms with van der Waals surface area (Å²) in [6.45, 7) is 0. The molecule has 0 aromatic carbocycles. The lowest BCUT2D eigenvalue weighted by Crippen LogP contribution is -2.18. The predicted molar refractivity (Wildman–Crippen MR) is 52.7 cm³/mol. The van der Waals surface area contributed by atoms with Gasteiger partial charge in [0.05, 0.1) is 12.3 Å². The predicted octanol–water partition coefficient (Wildman–Crippen LogP) is 0.461. The number of alkyl halides is 1. The molecule has 0 aliphatic rings. The Morgan fingerprint density at radius 3 is 2.93 bits per heavy atom. The van der Waals surface area contributed by atoms with Gasteiger partial charge in [0.15, 0.2) is 0 Å². The number of nitrogens with one attached hydrogen (secondary N) is 1. The lowest BCUT2D eigenvalue weighted by atomic mass is 10.0. The molecule has 0 saturated heterocycles. The fourth-order valence-electron chi connectivity index (χ4n) is 1.09. The van der Waals surface area contributed by atoms with Gasteiger partial charge in [0, 0.05) is 10.9 Å². The highest BCUT2D eigenvalue weighted by Gasteiger charge is 2.21. The summed E-state index contributed by atoms with van der Waals surface area (Å²) in [7, 11) is 0. The van der Waals surface area contributed by atoms with Gasteiger partial charge in [-0.15, -0.1) is 0 Å². The van der Waals surface area contributed by atoms with E-state index in [1.807, 2.05) is 6.07 Å². The molecule has 2 unspecified atom stereocenters. The van der Waals surface area contributed by atoms with Gasteiger partial charge < -0.3 is 10.2 Å². The minimum atomic E-state index is -1.07. The molecule has 0 bridgehead atoms. The monoisotopic (exact) mass is 259 g/mol. The standard InChI is InChI=1S/C8H10BrN3O2/c9-2-1-7(13)8(14)5-4-11-12-6(5)3-10/h4,7-8,13-14H,1-2H2,(H,11,12). The highest BCUT2D eigenvalue weighted by molar-refractivity contribution is 9.09. The molecular weight excluding hydrogens is 250 g/mol. The first kappa shape index (κ1) is 11.2. The summed E-state index contributed by atoms with van der Waals surface area (Å²) in [6.07, 6.45) is -0.197. The van der Waals surface area contributed by atoms with Gasteiger partial charge in [-0.1, -0.05) is 15.9 Å². The van der Waals surface area contributed by atoms with Gasteiger partial charge in [0.2, 0.25) is 0 Å². The van der Waals surface area contributed by atoms with Crippen LogP contribution in [0.25, 0.3) is 0 Å². The number of rotatable bonds is 4. The van der Waals surface area contributed by atoms with Crippen molar-refractivity contribution < 1.29 is 10.2 Å². The summed E-state index contributed by atoms with van der Waals surface area (Å²) >= 11 is 3.16. The molecule has 1 rings (SSSR count). The largest absolute Gasteiger partial charge is 0.390 e. The van der Waals surface area contributed by atoms with Crippen molar-refractivity contribution >= 4 is 15.9 Å². The lowest BCUT2D eigenvalue weighted by Gasteiger charge is -2.15. The Morgan fingerprint density at radius 1 is 1.64 bits per heavy atom. The third-order valence-corrected chi connectivity index (χ3v) is 2.33. The minimum absolute atomic E-state index is 0.186. The summed E-state index contributed by atoms with van der Waals surface area (Å²) in [4.78, 5) is 0. The summed E-state index contributed by atoms with van der Waals surface area (Å²) in [5.74, 6) is 0. The Hall–Kier alpha value is -0.900. The molecule has 0 aliphatic carbocycles. The smallest absolute Gasteiger partial charge is 0.141 e. The fourth-order valence-corrected chi connectivity index (χ4v) is 1.56. The molecule has 0 fully saturated rings. The van der Waals surface area contributed by atoms with Gasteiger partial charge in [-0.2, -0.15) is 10.4 Å². The van der Waals surface area contributed by atoms with Crippen LogP contribution in [-0.4, -0.2) is 31.8 Å². The quantitative estimate of drug-likeness (QED) is 0.685. The Morgan fingerprint density at radius 2 is 2.36 bits per heavy atom. The minimum Gasteiger partial charge on any atom is -0.390 e. The van der Waals surface area contributed by atoms with Crippen LogP contribution in [0.3, 0.4) is 0 Å². The van der Waals surface area contributed by atoms with E-state index >= 15 is 0 Å². The summed E-state index contributed by atoms with van der Waals surface area (Å²) in [5.41, 5.74) is 0.520. The summed E-state index contributed by atoms with van der Waals surface area (Å²) < 4.78 is 0. The van der Waals surface area contributed by atoms with E-state index in [2.05, 4.69) is 26.1 Å². The van der Waals surface area contributed by atoms with E-state index in [1.54, 1.807) is 0 Å². The van der Waals surface area contributed by atoms with Crippen molar-refractivity contribution in [3.63, 3.8) is 0 Å². The Labute approximate surface area is 89.5 Å². The Bertz CT molecular complexity index is 334. The van der Waals surface area contributed by atoms with Crippen molar-refractivity contribution in [3.8, 4) is 6.07 Å². The first-order valence-corrected chi connectivity index (χ1v) is 5.18. The molecule has 2 atom stereocenters. The van der Waals surface area contributed by atoms with Crippen molar-refractivity contribution in [2.75, 3.05) is 5.33 Å². The molecule has 6 heteroatoms. The lowest BCUT2D eigenvalue weighted by molar-refractivity contribution is 0.0172. The van der Waals surface area contributed by atoms with E-state index in [-0.39, 0.29) is 5.69 Å². The van der Waals surface area contributed by atoms with Crippen molar-refractivity contribution in [2.45, 2.75) is 18.6 Å². The maximum absolute atomic E-state index is 9.64. The van der Waals surface area contributed by atoms with Gasteiger partial charge in [-0.25, -0.2) is 0 Å². The molecule has 1 aromatic rings. The maximum Gasteiger partial charge on any atom is 0.141 e. The Kier molecular flexibility index (Phi) is 4.07. The number of hydrogen-bond donors (Lipinski definition) is 3. The van der Waals surface area contributed by atoms with Gasteiger partial charge in [-0.05, 0) is 6.42 Å². The van der Waals surface area contributed by atoms with Crippen molar-refractivity contribution in [2.24, 2.45) is 0 Å². The second-order valence-corrected chi connectivity index (χ2v) is 3.59. The molecule has 1 heterocycles. The van der Waals surface area contributed by atoms with E-state index < -0.39 is 12.2 Å². The summed E-state index contributed by atoms with van der Waals surface area (Å²) in [6, 6.07) is 1.85. The molecule has 0 spiro atoms. The molecule has 76 valence electrons. The number of aliphatic hydroxyl groups is 2. The van der Waals surface area contributed by atoms with Crippen molar-refractivity contribution in [1.29, 1.82) is 5.26 Å².